The largest absolute Gasteiger partial charge is 0.419 e. The third-order valence-corrected chi connectivity index (χ3v) is 3.15. The Kier molecular flexibility index (Phi) is 3.78. The van der Waals surface area contributed by atoms with E-state index in [1.165, 1.54) is 12.1 Å². The van der Waals surface area contributed by atoms with Crippen LogP contribution in [0.4, 0.5) is 17.6 Å². The number of rotatable bonds is 3. The lowest BCUT2D eigenvalue weighted by Crippen LogP contribution is -2.26. The van der Waals surface area contributed by atoms with Gasteiger partial charge in [0.2, 0.25) is 0 Å². The molecule has 1 aromatic rings. The third kappa shape index (κ3) is 2.72. The van der Waals surface area contributed by atoms with Crippen LogP contribution in [0.2, 0.25) is 0 Å². The molecule has 0 aromatic heterocycles. The lowest BCUT2D eigenvalue weighted by molar-refractivity contribution is -0.140. The first-order valence-electron chi connectivity index (χ1n) is 6.09. The number of hydrogen-bond donors (Lipinski definition) is 1. The van der Waals surface area contributed by atoms with Gasteiger partial charge in [0.05, 0.1) is 12.1 Å². The van der Waals surface area contributed by atoms with E-state index in [-0.39, 0.29) is 5.56 Å². The summed E-state index contributed by atoms with van der Waals surface area (Å²) in [4.78, 5) is 4.17. The smallest absolute Gasteiger partial charge is 0.371 e. The Hall–Kier alpha value is -1.59. The zero-order valence-electron chi connectivity index (χ0n) is 10.4. The van der Waals surface area contributed by atoms with Gasteiger partial charge >= 0.3 is 6.18 Å². The maximum atomic E-state index is 14.1. The number of aliphatic imine (C=N–C) groups is 1. The van der Waals surface area contributed by atoms with Crippen molar-refractivity contribution in [3.8, 4) is 0 Å². The summed E-state index contributed by atoms with van der Waals surface area (Å²) >= 11 is 0. The molecule has 0 spiro atoms. The van der Waals surface area contributed by atoms with Crippen molar-refractivity contribution in [2.45, 2.75) is 25.4 Å². The summed E-state index contributed by atoms with van der Waals surface area (Å²) in [6.07, 6.45) is -4.19. The van der Waals surface area contributed by atoms with E-state index in [1.807, 2.05) is 0 Å². The Labute approximate surface area is 108 Å². The predicted molar refractivity (Wildman–Crippen MR) is 64.7 cm³/mol. The number of benzene rings is 1. The summed E-state index contributed by atoms with van der Waals surface area (Å²) in [6.45, 7) is 3.02. The van der Waals surface area contributed by atoms with Gasteiger partial charge in [0.25, 0.3) is 0 Å². The monoisotopic (exact) mass is 274 g/mol. The van der Waals surface area contributed by atoms with Crippen LogP contribution in [0.1, 0.15) is 30.4 Å². The van der Waals surface area contributed by atoms with Gasteiger partial charge in [-0.25, -0.2) is 4.39 Å². The van der Waals surface area contributed by atoms with Crippen molar-refractivity contribution >= 4 is 5.84 Å². The summed E-state index contributed by atoms with van der Waals surface area (Å²) in [5, 5.41) is 2.99. The highest BCUT2D eigenvalue weighted by Gasteiger charge is 2.36. The second kappa shape index (κ2) is 5.19. The van der Waals surface area contributed by atoms with Crippen LogP contribution in [0.3, 0.4) is 0 Å². The maximum absolute atomic E-state index is 14.1. The van der Waals surface area contributed by atoms with Crippen LogP contribution in [0.5, 0.6) is 0 Å². The van der Waals surface area contributed by atoms with Crippen LogP contribution in [0.25, 0.3) is 0 Å². The highest BCUT2D eigenvalue weighted by molar-refractivity contribution is 5.90. The van der Waals surface area contributed by atoms with Gasteiger partial charge in [-0.05, 0) is 18.1 Å². The molecule has 6 heteroatoms. The minimum Gasteiger partial charge on any atom is -0.371 e. The van der Waals surface area contributed by atoms with Gasteiger partial charge in [-0.2, -0.15) is 13.2 Å². The molecular formula is C13H14F4N2. The fraction of sp³-hybridized carbons (Fsp3) is 0.462. The van der Waals surface area contributed by atoms with Gasteiger partial charge in [0.1, 0.15) is 11.7 Å². The first-order valence-corrected chi connectivity index (χ1v) is 6.09. The predicted octanol–water partition coefficient (Wildman–Crippen LogP) is 3.34. The van der Waals surface area contributed by atoms with Crippen LogP contribution in [0, 0.1) is 5.82 Å². The van der Waals surface area contributed by atoms with Crippen molar-refractivity contribution in [3.05, 3.63) is 35.1 Å². The number of alkyl halides is 3. The summed E-state index contributed by atoms with van der Waals surface area (Å²) in [6, 6.07) is 3.39. The quantitative estimate of drug-likeness (QED) is 0.840. The molecule has 104 valence electrons. The minimum absolute atomic E-state index is 0.0467. The first kappa shape index (κ1) is 13.8. The van der Waals surface area contributed by atoms with Crippen molar-refractivity contribution in [2.24, 2.45) is 4.99 Å². The molecule has 1 heterocycles. The zero-order valence-corrected chi connectivity index (χ0v) is 10.4. The van der Waals surface area contributed by atoms with E-state index < -0.39 is 23.5 Å². The standard InChI is InChI=1S/C13H14F4N2/c1-2-8(12-18-6-7-19-12)9-4-3-5-10(11(9)14)13(15,16)17/h3-5,8H,2,6-7H2,1H3,(H,18,19). The molecule has 2 nitrogen and oxygen atoms in total. The Morgan fingerprint density at radius 2 is 2.11 bits per heavy atom. The molecule has 0 fully saturated rings. The Bertz CT molecular complexity index is 494. The molecule has 0 amide bonds. The SMILES string of the molecule is CCC(C1=NCCN1)c1cccc(C(F)(F)F)c1F. The summed E-state index contributed by atoms with van der Waals surface area (Å²) in [5.74, 6) is -1.08. The van der Waals surface area contributed by atoms with Crippen molar-refractivity contribution < 1.29 is 17.6 Å². The molecule has 1 unspecified atom stereocenters. The second-order valence-corrected chi connectivity index (χ2v) is 4.36. The molecule has 2 rings (SSSR count). The fourth-order valence-corrected chi connectivity index (χ4v) is 2.25. The van der Waals surface area contributed by atoms with Crippen molar-refractivity contribution in [1.29, 1.82) is 0 Å². The summed E-state index contributed by atoms with van der Waals surface area (Å²) < 4.78 is 52.1. The van der Waals surface area contributed by atoms with E-state index in [2.05, 4.69) is 10.3 Å². The van der Waals surface area contributed by atoms with Crippen LogP contribution in [-0.4, -0.2) is 18.9 Å². The van der Waals surface area contributed by atoms with Gasteiger partial charge in [0, 0.05) is 12.5 Å². The zero-order chi connectivity index (χ0) is 14.0. The first-order chi connectivity index (χ1) is 8.95. The van der Waals surface area contributed by atoms with E-state index in [4.69, 9.17) is 0 Å². The van der Waals surface area contributed by atoms with Crippen LogP contribution in [0.15, 0.2) is 23.2 Å². The molecule has 0 saturated heterocycles. The second-order valence-electron chi connectivity index (χ2n) is 4.36. The van der Waals surface area contributed by atoms with E-state index in [0.717, 1.165) is 6.07 Å². The molecule has 1 aromatic carbocycles. The van der Waals surface area contributed by atoms with Gasteiger partial charge in [-0.3, -0.25) is 4.99 Å². The van der Waals surface area contributed by atoms with Gasteiger partial charge < -0.3 is 5.32 Å². The fourth-order valence-electron chi connectivity index (χ4n) is 2.25. The Balaban J connectivity index is 2.44. The topological polar surface area (TPSA) is 24.4 Å². The Morgan fingerprint density at radius 3 is 2.63 bits per heavy atom. The van der Waals surface area contributed by atoms with Crippen molar-refractivity contribution in [3.63, 3.8) is 0 Å². The average molecular weight is 274 g/mol. The molecule has 1 aliphatic rings. The van der Waals surface area contributed by atoms with E-state index in [0.29, 0.717) is 25.3 Å². The number of hydrogen-bond acceptors (Lipinski definition) is 2. The number of nitrogens with zero attached hydrogens (tertiary/aromatic N) is 1. The normalized spacial score (nSPS) is 17.0. The van der Waals surface area contributed by atoms with Gasteiger partial charge in [0.15, 0.2) is 0 Å². The van der Waals surface area contributed by atoms with Gasteiger partial charge in [-0.1, -0.05) is 19.1 Å². The number of halogens is 4. The molecule has 0 radical (unpaired) electrons. The maximum Gasteiger partial charge on any atom is 0.419 e. The highest BCUT2D eigenvalue weighted by Crippen LogP contribution is 2.35. The van der Waals surface area contributed by atoms with Crippen molar-refractivity contribution in [1.82, 2.24) is 5.32 Å². The minimum atomic E-state index is -4.68. The van der Waals surface area contributed by atoms with Gasteiger partial charge in [-0.15, -0.1) is 0 Å². The molecule has 1 N–H and O–H groups in total. The number of nitrogens with one attached hydrogen (secondary N) is 1. The Morgan fingerprint density at radius 1 is 1.37 bits per heavy atom. The molecule has 0 saturated carbocycles. The molecule has 19 heavy (non-hydrogen) atoms. The van der Waals surface area contributed by atoms with E-state index in [9.17, 15) is 17.6 Å². The lowest BCUT2D eigenvalue weighted by atomic mass is 9.93. The van der Waals surface area contributed by atoms with E-state index >= 15 is 0 Å². The number of amidine groups is 1. The molecule has 0 bridgehead atoms. The summed E-state index contributed by atoms with van der Waals surface area (Å²) in [7, 11) is 0. The lowest BCUT2D eigenvalue weighted by Gasteiger charge is -2.19. The van der Waals surface area contributed by atoms with Crippen LogP contribution >= 0.6 is 0 Å². The van der Waals surface area contributed by atoms with Crippen molar-refractivity contribution in [2.75, 3.05) is 13.1 Å². The van der Waals surface area contributed by atoms with Crippen LogP contribution < -0.4 is 5.32 Å². The van der Waals surface area contributed by atoms with Crippen LogP contribution in [-0.2, 0) is 6.18 Å². The molecule has 0 aliphatic carbocycles. The van der Waals surface area contributed by atoms with E-state index in [1.54, 1.807) is 6.92 Å². The average Bonchev–Trinajstić information content (AvgIpc) is 2.84. The molecule has 1 aliphatic heterocycles. The molecular weight excluding hydrogens is 260 g/mol. The summed E-state index contributed by atoms with van der Waals surface area (Å²) in [5.41, 5.74) is -1.17. The molecule has 1 atom stereocenters. The third-order valence-electron chi connectivity index (χ3n) is 3.15. The highest BCUT2D eigenvalue weighted by atomic mass is 19.4.